The molecule has 0 atom stereocenters. The number of likely N-dealkylation sites (tertiary alicyclic amines) is 1. The Morgan fingerprint density at radius 2 is 1.59 bits per heavy atom. The Kier molecular flexibility index (Phi) is 8.84. The van der Waals surface area contributed by atoms with Gasteiger partial charge in [0.25, 0.3) is 0 Å². The first-order valence-corrected chi connectivity index (χ1v) is 13.0. The van der Waals surface area contributed by atoms with Gasteiger partial charge in [-0.1, -0.05) is 70.0 Å². The minimum atomic E-state index is 0.549. The van der Waals surface area contributed by atoms with Crippen LogP contribution in [0.25, 0.3) is 0 Å². The molecule has 34 heavy (non-hydrogen) atoms. The second kappa shape index (κ2) is 12.2. The van der Waals surface area contributed by atoms with Gasteiger partial charge in [-0.05, 0) is 74.2 Å². The molecule has 0 unspecified atom stereocenters. The molecule has 0 saturated carbocycles. The van der Waals surface area contributed by atoms with E-state index in [4.69, 9.17) is 4.74 Å². The third-order valence-electron chi connectivity index (χ3n) is 6.43. The first kappa shape index (κ1) is 24.6. The second-order valence-corrected chi connectivity index (χ2v) is 10.3. The van der Waals surface area contributed by atoms with Gasteiger partial charge in [-0.2, -0.15) is 0 Å². The number of hydrogen-bond acceptors (Lipinski definition) is 3. The lowest BCUT2D eigenvalue weighted by atomic mass is 10.0. The maximum atomic E-state index is 6.01. The summed E-state index contributed by atoms with van der Waals surface area (Å²) in [5, 5.41) is 0. The van der Waals surface area contributed by atoms with E-state index in [1.54, 1.807) is 0 Å². The number of benzene rings is 3. The van der Waals surface area contributed by atoms with Gasteiger partial charge < -0.3 is 9.64 Å². The molecule has 0 spiro atoms. The molecule has 0 N–H and O–H groups in total. The number of allylic oxidation sites excluding steroid dienone is 1. The summed E-state index contributed by atoms with van der Waals surface area (Å²) in [7, 11) is 0. The van der Waals surface area contributed by atoms with Gasteiger partial charge in [-0.25, -0.2) is 0 Å². The quantitative estimate of drug-likeness (QED) is 0.273. The van der Waals surface area contributed by atoms with E-state index in [2.05, 4.69) is 106 Å². The van der Waals surface area contributed by atoms with Crippen LogP contribution in [0.4, 0.5) is 5.69 Å². The molecule has 1 aliphatic rings. The van der Waals surface area contributed by atoms with E-state index in [1.165, 1.54) is 35.2 Å². The van der Waals surface area contributed by atoms with Crippen LogP contribution in [0.3, 0.4) is 0 Å². The topological polar surface area (TPSA) is 15.7 Å². The fourth-order valence-electron chi connectivity index (χ4n) is 4.46. The molecule has 0 radical (unpaired) electrons. The van der Waals surface area contributed by atoms with Crippen molar-refractivity contribution in [2.75, 3.05) is 24.5 Å². The molecule has 0 aromatic heterocycles. The molecule has 3 aromatic carbocycles. The lowest BCUT2D eigenvalue weighted by Gasteiger charge is -2.39. The summed E-state index contributed by atoms with van der Waals surface area (Å²) in [6, 6.07) is 28.2. The Labute approximate surface area is 213 Å². The molecule has 1 saturated heterocycles. The number of piperidine rings is 1. The van der Waals surface area contributed by atoms with Crippen LogP contribution < -0.4 is 9.64 Å². The van der Waals surface area contributed by atoms with Crippen LogP contribution in [0.1, 0.15) is 37.8 Å². The highest BCUT2D eigenvalue weighted by molar-refractivity contribution is 9.10. The highest BCUT2D eigenvalue weighted by atomic mass is 79.9. The Hall–Kier alpha value is -2.56. The highest BCUT2D eigenvalue weighted by Crippen LogP contribution is 2.27. The predicted molar refractivity (Wildman–Crippen MR) is 146 cm³/mol. The number of hydrogen-bond donors (Lipinski definition) is 0. The minimum Gasteiger partial charge on any atom is -0.489 e. The summed E-state index contributed by atoms with van der Waals surface area (Å²) >= 11 is 3.53. The molecule has 0 aliphatic carbocycles. The zero-order chi connectivity index (χ0) is 23.8. The molecule has 3 aromatic rings. The van der Waals surface area contributed by atoms with Crippen molar-refractivity contribution in [1.29, 1.82) is 0 Å². The zero-order valence-electron chi connectivity index (χ0n) is 20.3. The molecule has 1 heterocycles. The molecule has 4 heteroatoms. The third-order valence-corrected chi connectivity index (χ3v) is 6.96. The van der Waals surface area contributed by atoms with Gasteiger partial charge in [-0.3, -0.25) is 4.90 Å². The average molecular weight is 520 g/mol. The van der Waals surface area contributed by atoms with Gasteiger partial charge in [0.05, 0.1) is 0 Å². The lowest BCUT2D eigenvalue weighted by molar-refractivity contribution is 0.202. The van der Waals surface area contributed by atoms with Gasteiger partial charge in [0.1, 0.15) is 12.4 Å². The summed E-state index contributed by atoms with van der Waals surface area (Å²) in [6.45, 7) is 9.19. The predicted octanol–water partition coefficient (Wildman–Crippen LogP) is 7.47. The van der Waals surface area contributed by atoms with Crippen molar-refractivity contribution in [2.45, 2.75) is 45.9 Å². The number of anilines is 1. The van der Waals surface area contributed by atoms with E-state index in [1.807, 2.05) is 18.2 Å². The van der Waals surface area contributed by atoms with Crippen molar-refractivity contribution < 1.29 is 4.74 Å². The summed E-state index contributed by atoms with van der Waals surface area (Å²) in [4.78, 5) is 5.16. The van der Waals surface area contributed by atoms with E-state index in [9.17, 15) is 0 Å². The van der Waals surface area contributed by atoms with Gasteiger partial charge >= 0.3 is 0 Å². The molecule has 178 valence electrons. The normalized spacial score (nSPS) is 14.6. The maximum absolute atomic E-state index is 6.01. The molecule has 0 amide bonds. The summed E-state index contributed by atoms with van der Waals surface area (Å²) in [6.07, 6.45) is 4.70. The smallest absolute Gasteiger partial charge is 0.119 e. The highest BCUT2D eigenvalue weighted by Gasteiger charge is 2.24. The Morgan fingerprint density at radius 3 is 2.24 bits per heavy atom. The number of nitrogens with zero attached hydrogens (tertiary/aromatic N) is 2. The molecule has 4 rings (SSSR count). The van der Waals surface area contributed by atoms with Crippen molar-refractivity contribution in [1.82, 2.24) is 4.90 Å². The van der Waals surface area contributed by atoms with Crippen molar-refractivity contribution in [2.24, 2.45) is 0 Å². The number of halogens is 1. The Balaban J connectivity index is 1.37. The Morgan fingerprint density at radius 1 is 0.912 bits per heavy atom. The first-order chi connectivity index (χ1) is 16.6. The van der Waals surface area contributed by atoms with Crippen LogP contribution in [0.5, 0.6) is 5.75 Å². The van der Waals surface area contributed by atoms with Gasteiger partial charge in [0, 0.05) is 42.4 Å². The van der Waals surface area contributed by atoms with Crippen LogP contribution in [-0.4, -0.2) is 30.6 Å². The van der Waals surface area contributed by atoms with E-state index in [-0.39, 0.29) is 0 Å². The fourth-order valence-corrected chi connectivity index (χ4v) is 4.72. The largest absolute Gasteiger partial charge is 0.489 e. The Bertz CT molecular complexity index is 1040. The van der Waals surface area contributed by atoms with Crippen molar-refractivity contribution in [3.8, 4) is 5.75 Å². The fraction of sp³-hybridized carbons (Fsp3) is 0.333. The second-order valence-electron chi connectivity index (χ2n) is 9.34. The van der Waals surface area contributed by atoms with Gasteiger partial charge in [0.2, 0.25) is 0 Å². The van der Waals surface area contributed by atoms with Gasteiger partial charge in [-0.15, -0.1) is 0 Å². The van der Waals surface area contributed by atoms with Crippen LogP contribution in [0.15, 0.2) is 95.0 Å². The molecular formula is C30H35BrN2O. The molecule has 3 nitrogen and oxygen atoms in total. The van der Waals surface area contributed by atoms with Crippen LogP contribution in [-0.2, 0) is 13.2 Å². The van der Waals surface area contributed by atoms with Crippen molar-refractivity contribution >= 4 is 21.6 Å². The van der Waals surface area contributed by atoms with Crippen LogP contribution >= 0.6 is 15.9 Å². The van der Waals surface area contributed by atoms with E-state index >= 15 is 0 Å². The standard InChI is InChI=1S/C30H35BrN2O/c1-24(2)16-21-33(28-12-14-30(15-13-28)34-23-26-6-4-3-5-7-26)29-17-19-32(20-18-29)22-25-8-10-27(31)11-9-25/h3-16,29H,17-23H2,1-2H3. The zero-order valence-corrected chi connectivity index (χ0v) is 21.9. The van der Waals surface area contributed by atoms with E-state index in [0.29, 0.717) is 12.6 Å². The molecular weight excluding hydrogens is 484 g/mol. The monoisotopic (exact) mass is 518 g/mol. The third kappa shape index (κ3) is 7.22. The van der Waals surface area contributed by atoms with E-state index in [0.717, 1.165) is 36.4 Å². The first-order valence-electron chi connectivity index (χ1n) is 12.2. The van der Waals surface area contributed by atoms with Crippen LogP contribution in [0.2, 0.25) is 0 Å². The van der Waals surface area contributed by atoms with E-state index < -0.39 is 0 Å². The van der Waals surface area contributed by atoms with Crippen LogP contribution in [0, 0.1) is 0 Å². The summed E-state index contributed by atoms with van der Waals surface area (Å²) in [5.74, 6) is 0.916. The number of rotatable bonds is 9. The SMILES string of the molecule is CC(C)=CCN(c1ccc(OCc2ccccc2)cc1)C1CCN(Cc2ccc(Br)cc2)CC1. The van der Waals surface area contributed by atoms with Gasteiger partial charge in [0.15, 0.2) is 0 Å². The van der Waals surface area contributed by atoms with Crippen molar-refractivity contribution in [3.05, 3.63) is 106 Å². The molecule has 1 fully saturated rings. The number of ether oxygens (including phenoxy) is 1. The lowest BCUT2D eigenvalue weighted by Crippen LogP contribution is -2.45. The molecule has 0 bridgehead atoms. The minimum absolute atomic E-state index is 0.549. The molecule has 1 aliphatic heterocycles. The summed E-state index contributed by atoms with van der Waals surface area (Å²) in [5.41, 5.74) is 5.21. The maximum Gasteiger partial charge on any atom is 0.119 e. The summed E-state index contributed by atoms with van der Waals surface area (Å²) < 4.78 is 7.15. The van der Waals surface area contributed by atoms with Crippen molar-refractivity contribution in [3.63, 3.8) is 0 Å². The average Bonchev–Trinajstić information content (AvgIpc) is 2.86.